The van der Waals surface area contributed by atoms with Crippen molar-refractivity contribution in [1.82, 2.24) is 14.5 Å². The normalized spacial score (nSPS) is 10.6. The van der Waals surface area contributed by atoms with Crippen molar-refractivity contribution in [1.29, 1.82) is 0 Å². The number of methoxy groups -OCH3 is 1. The number of nitrogens with one attached hydrogen (secondary N) is 1. The van der Waals surface area contributed by atoms with Crippen LogP contribution in [0.2, 0.25) is 5.02 Å². The summed E-state index contributed by atoms with van der Waals surface area (Å²) in [5, 5.41) is 0.593. The van der Waals surface area contributed by atoms with Gasteiger partial charge in [0.2, 0.25) is 0 Å². The molecule has 0 radical (unpaired) electrons. The summed E-state index contributed by atoms with van der Waals surface area (Å²) in [4.78, 5) is 17.6. The second-order valence-electron chi connectivity index (χ2n) is 5.77. The molecular weight excluding hydrogens is 370 g/mol. The van der Waals surface area contributed by atoms with E-state index in [0.29, 0.717) is 27.8 Å². The monoisotopic (exact) mass is 387 g/mol. The number of carbonyl (C=O) groups excluding carboxylic acids is 1. The molecule has 3 aromatic rings. The number of ether oxygens (including phenoxy) is 1. The van der Waals surface area contributed by atoms with Crippen LogP contribution in [0.25, 0.3) is 5.69 Å². The minimum Gasteiger partial charge on any atom is -0.496 e. The van der Waals surface area contributed by atoms with E-state index in [1.54, 1.807) is 48.0 Å². The number of hydrogen-bond donors (Lipinski definition) is 1. The van der Waals surface area contributed by atoms with Crippen molar-refractivity contribution in [3.63, 3.8) is 0 Å². The third kappa shape index (κ3) is 3.66. The summed E-state index contributed by atoms with van der Waals surface area (Å²) in [5.41, 5.74) is 2.12. The van der Waals surface area contributed by atoms with Gasteiger partial charge < -0.3 is 14.6 Å². The molecule has 1 N–H and O–H groups in total. The lowest BCUT2D eigenvalue weighted by atomic mass is 10.2. The molecule has 0 aliphatic rings. The van der Waals surface area contributed by atoms with E-state index in [4.69, 9.17) is 28.6 Å². The molecule has 1 amide bonds. The maximum atomic E-state index is 13.0. The standard InChI is InChI=1S/C19H18ClN3O2S/c1-22(12-13-10-14(20)8-9-17(13)25-2)18(24)16-11-21-19(26)23(16)15-6-4-3-5-7-15/h3-11H,12H2,1-2H3,(H,21,26). The molecular formula is C19H18ClN3O2S. The van der Waals surface area contributed by atoms with Crippen molar-refractivity contribution in [2.75, 3.05) is 14.2 Å². The minimum absolute atomic E-state index is 0.164. The summed E-state index contributed by atoms with van der Waals surface area (Å²) in [7, 11) is 3.32. The molecule has 0 atom stereocenters. The number of carbonyl (C=O) groups is 1. The van der Waals surface area contributed by atoms with Crippen LogP contribution in [0.3, 0.4) is 0 Å². The topological polar surface area (TPSA) is 50.3 Å². The van der Waals surface area contributed by atoms with Crippen LogP contribution in [-0.4, -0.2) is 34.5 Å². The van der Waals surface area contributed by atoms with Crippen LogP contribution < -0.4 is 4.74 Å². The van der Waals surface area contributed by atoms with E-state index >= 15 is 0 Å². The zero-order chi connectivity index (χ0) is 18.7. The number of hydrogen-bond acceptors (Lipinski definition) is 3. The van der Waals surface area contributed by atoms with Crippen LogP contribution in [0, 0.1) is 4.77 Å². The van der Waals surface area contributed by atoms with Gasteiger partial charge in [0, 0.05) is 36.1 Å². The lowest BCUT2D eigenvalue weighted by molar-refractivity contribution is 0.0776. The Bertz CT molecular complexity index is 982. The highest BCUT2D eigenvalue weighted by Gasteiger charge is 2.19. The Morgan fingerprint density at radius 1 is 1.27 bits per heavy atom. The molecule has 0 aliphatic heterocycles. The van der Waals surface area contributed by atoms with Crippen LogP contribution in [0.5, 0.6) is 5.75 Å². The lowest BCUT2D eigenvalue weighted by Gasteiger charge is -2.20. The number of aromatic nitrogens is 2. The molecule has 0 spiro atoms. The van der Waals surface area contributed by atoms with Gasteiger partial charge in [-0.05, 0) is 42.5 Å². The summed E-state index contributed by atoms with van der Waals surface area (Å²) >= 11 is 11.4. The third-order valence-corrected chi connectivity index (χ3v) is 4.54. The molecule has 0 saturated carbocycles. The summed E-state index contributed by atoms with van der Waals surface area (Å²) in [5.74, 6) is 0.520. The van der Waals surface area contributed by atoms with Gasteiger partial charge in [0.05, 0.1) is 7.11 Å². The predicted octanol–water partition coefficient (Wildman–Crippen LogP) is 4.47. The SMILES string of the molecule is COc1ccc(Cl)cc1CN(C)C(=O)c1c[nH]c(=S)n1-c1ccccc1. The maximum Gasteiger partial charge on any atom is 0.272 e. The van der Waals surface area contributed by atoms with Gasteiger partial charge in [-0.3, -0.25) is 9.36 Å². The molecule has 5 nitrogen and oxygen atoms in total. The second kappa shape index (κ2) is 7.76. The number of aromatic amines is 1. The van der Waals surface area contributed by atoms with Gasteiger partial charge in [-0.1, -0.05) is 29.8 Å². The van der Waals surface area contributed by atoms with Gasteiger partial charge in [-0.2, -0.15) is 0 Å². The van der Waals surface area contributed by atoms with E-state index in [2.05, 4.69) is 4.98 Å². The molecule has 7 heteroatoms. The fourth-order valence-corrected chi connectivity index (χ4v) is 3.21. The highest BCUT2D eigenvalue weighted by molar-refractivity contribution is 7.71. The summed E-state index contributed by atoms with van der Waals surface area (Å²) in [6.45, 7) is 0.356. The third-order valence-electron chi connectivity index (χ3n) is 4.01. The minimum atomic E-state index is -0.164. The molecule has 0 aliphatic carbocycles. The predicted molar refractivity (Wildman–Crippen MR) is 105 cm³/mol. The van der Waals surface area contributed by atoms with Gasteiger partial charge >= 0.3 is 0 Å². The number of para-hydroxylation sites is 1. The zero-order valence-corrected chi connectivity index (χ0v) is 16.0. The van der Waals surface area contributed by atoms with Crippen molar-refractivity contribution in [3.05, 3.63) is 75.8 Å². The van der Waals surface area contributed by atoms with E-state index in [0.717, 1.165) is 11.3 Å². The van der Waals surface area contributed by atoms with Gasteiger partial charge in [0.25, 0.3) is 5.91 Å². The number of amides is 1. The zero-order valence-electron chi connectivity index (χ0n) is 14.4. The van der Waals surface area contributed by atoms with E-state index in [-0.39, 0.29) is 5.91 Å². The van der Waals surface area contributed by atoms with E-state index in [1.807, 2.05) is 30.3 Å². The van der Waals surface area contributed by atoms with Crippen LogP contribution in [0.4, 0.5) is 0 Å². The van der Waals surface area contributed by atoms with Crippen LogP contribution >= 0.6 is 23.8 Å². The first-order valence-corrected chi connectivity index (χ1v) is 8.73. The molecule has 0 unspecified atom stereocenters. The average Bonchev–Trinajstić information content (AvgIpc) is 3.03. The highest BCUT2D eigenvalue weighted by atomic mass is 35.5. The quantitative estimate of drug-likeness (QED) is 0.657. The molecule has 134 valence electrons. The Hall–Kier alpha value is -2.57. The fraction of sp³-hybridized carbons (Fsp3) is 0.158. The molecule has 0 bridgehead atoms. The number of rotatable bonds is 5. The molecule has 2 aromatic carbocycles. The van der Waals surface area contributed by atoms with Crippen molar-refractivity contribution >= 4 is 29.7 Å². The van der Waals surface area contributed by atoms with Crippen molar-refractivity contribution in [2.45, 2.75) is 6.54 Å². The Morgan fingerprint density at radius 2 is 2.00 bits per heavy atom. The lowest BCUT2D eigenvalue weighted by Crippen LogP contribution is -2.28. The second-order valence-corrected chi connectivity index (χ2v) is 6.59. The van der Waals surface area contributed by atoms with Gasteiger partial charge in [0.15, 0.2) is 4.77 Å². The van der Waals surface area contributed by atoms with Crippen molar-refractivity contribution < 1.29 is 9.53 Å². The van der Waals surface area contributed by atoms with Gasteiger partial charge in [0.1, 0.15) is 11.4 Å². The average molecular weight is 388 g/mol. The van der Waals surface area contributed by atoms with Gasteiger partial charge in [-0.25, -0.2) is 0 Å². The first-order valence-electron chi connectivity index (χ1n) is 7.95. The van der Waals surface area contributed by atoms with Crippen LogP contribution in [0.15, 0.2) is 54.7 Å². The molecule has 1 heterocycles. The first-order chi connectivity index (χ1) is 12.5. The van der Waals surface area contributed by atoms with Crippen molar-refractivity contribution in [2.24, 2.45) is 0 Å². The number of nitrogens with zero attached hydrogens (tertiary/aromatic N) is 2. The molecule has 0 fully saturated rings. The Labute approximate surface area is 161 Å². The molecule has 0 saturated heterocycles. The number of halogens is 1. The molecule has 3 rings (SSSR count). The summed E-state index contributed by atoms with van der Waals surface area (Å²) in [6, 6.07) is 14.9. The number of imidazole rings is 1. The Kier molecular flexibility index (Phi) is 5.44. The number of benzene rings is 2. The maximum absolute atomic E-state index is 13.0. The van der Waals surface area contributed by atoms with Crippen LogP contribution in [0.1, 0.15) is 16.1 Å². The largest absolute Gasteiger partial charge is 0.496 e. The van der Waals surface area contributed by atoms with E-state index < -0.39 is 0 Å². The van der Waals surface area contributed by atoms with E-state index in [1.165, 1.54) is 0 Å². The molecule has 26 heavy (non-hydrogen) atoms. The fourth-order valence-electron chi connectivity index (χ4n) is 2.75. The number of H-pyrrole nitrogens is 1. The Balaban J connectivity index is 1.91. The van der Waals surface area contributed by atoms with Crippen LogP contribution in [-0.2, 0) is 6.54 Å². The Morgan fingerprint density at radius 3 is 2.69 bits per heavy atom. The molecule has 1 aromatic heterocycles. The highest BCUT2D eigenvalue weighted by Crippen LogP contribution is 2.24. The smallest absolute Gasteiger partial charge is 0.272 e. The first kappa shape index (κ1) is 18.2. The van der Waals surface area contributed by atoms with Crippen molar-refractivity contribution in [3.8, 4) is 11.4 Å². The van der Waals surface area contributed by atoms with E-state index in [9.17, 15) is 4.79 Å². The van der Waals surface area contributed by atoms with Gasteiger partial charge in [-0.15, -0.1) is 0 Å². The summed E-state index contributed by atoms with van der Waals surface area (Å²) < 4.78 is 7.55. The summed E-state index contributed by atoms with van der Waals surface area (Å²) in [6.07, 6.45) is 1.63.